The van der Waals surface area contributed by atoms with Crippen LogP contribution in [0.4, 0.5) is 0 Å². The first-order chi connectivity index (χ1) is 16.2. The fraction of sp³-hybridized carbons (Fsp3) is 0.417. The molecule has 1 heterocycles. The van der Waals surface area contributed by atoms with Crippen LogP contribution in [0, 0.1) is 0 Å². The number of halogens is 2. The number of hydrogen-bond acceptors (Lipinski definition) is 7. The summed E-state index contributed by atoms with van der Waals surface area (Å²) in [6.45, 7) is 4.36. The average molecular weight is 510 g/mol. The van der Waals surface area contributed by atoms with Gasteiger partial charge in [0, 0.05) is 5.41 Å². The first kappa shape index (κ1) is 26.2. The van der Waals surface area contributed by atoms with Crippen LogP contribution in [-0.2, 0) is 18.6 Å². The predicted molar refractivity (Wildman–Crippen MR) is 130 cm³/mol. The molecule has 0 aliphatic heterocycles. The lowest BCUT2D eigenvalue weighted by Crippen LogP contribution is -2.24. The van der Waals surface area contributed by atoms with Crippen LogP contribution in [-0.4, -0.2) is 61.6 Å². The van der Waals surface area contributed by atoms with Gasteiger partial charge < -0.3 is 24.8 Å². The lowest BCUT2D eigenvalue weighted by molar-refractivity contribution is 0.0888. The Labute approximate surface area is 208 Å². The Balaban J connectivity index is 1.59. The Bertz CT molecular complexity index is 1060. The monoisotopic (exact) mass is 509 g/mol. The smallest absolute Gasteiger partial charge is 0.138 e. The number of hydrogen-bond donors (Lipinski definition) is 3. The van der Waals surface area contributed by atoms with E-state index in [0.29, 0.717) is 22.2 Å². The normalized spacial score (nSPS) is 13.5. The van der Waals surface area contributed by atoms with E-state index >= 15 is 0 Å². The van der Waals surface area contributed by atoms with Crippen molar-refractivity contribution in [3.63, 3.8) is 0 Å². The molecular weight excluding hydrogens is 481 g/mol. The van der Waals surface area contributed by atoms with Gasteiger partial charge in [0.2, 0.25) is 0 Å². The molecule has 0 amide bonds. The molecule has 0 aliphatic carbocycles. The van der Waals surface area contributed by atoms with Crippen molar-refractivity contribution in [2.45, 2.75) is 44.6 Å². The van der Waals surface area contributed by atoms with E-state index in [9.17, 15) is 10.2 Å². The van der Waals surface area contributed by atoms with E-state index in [2.05, 4.69) is 24.2 Å². The van der Waals surface area contributed by atoms with Crippen molar-refractivity contribution < 1.29 is 24.8 Å². The summed E-state index contributed by atoms with van der Waals surface area (Å²) >= 11 is 12.0. The molecule has 184 valence electrons. The summed E-state index contributed by atoms with van der Waals surface area (Å²) in [5.74, 6) is 1.22. The summed E-state index contributed by atoms with van der Waals surface area (Å²) in [5.41, 5.74) is 2.16. The highest BCUT2D eigenvalue weighted by Gasteiger charge is 2.24. The van der Waals surface area contributed by atoms with Gasteiger partial charge in [-0.05, 0) is 35.4 Å². The van der Waals surface area contributed by atoms with Crippen LogP contribution < -0.4 is 9.47 Å². The Kier molecular flexibility index (Phi) is 9.16. The summed E-state index contributed by atoms with van der Waals surface area (Å²) in [6, 6.07) is 13.3. The largest absolute Gasteiger partial charge is 0.491 e. The zero-order chi connectivity index (χ0) is 24.7. The quantitative estimate of drug-likeness (QED) is 0.321. The first-order valence-electron chi connectivity index (χ1n) is 10.8. The Hall–Kier alpha value is -2.36. The van der Waals surface area contributed by atoms with Crippen molar-refractivity contribution in [1.82, 2.24) is 15.0 Å². The number of aliphatic hydroxyl groups is 3. The molecule has 0 radical (unpaired) electrons. The number of aliphatic hydroxyl groups excluding tert-OH is 3. The molecule has 1 aromatic heterocycles. The van der Waals surface area contributed by atoms with E-state index in [1.54, 1.807) is 12.3 Å². The van der Waals surface area contributed by atoms with Crippen LogP contribution in [0.5, 0.6) is 11.5 Å². The van der Waals surface area contributed by atoms with Crippen LogP contribution >= 0.6 is 23.2 Å². The van der Waals surface area contributed by atoms with E-state index in [1.165, 1.54) is 4.68 Å². The molecule has 0 unspecified atom stereocenters. The highest BCUT2D eigenvalue weighted by molar-refractivity contribution is 6.32. The lowest BCUT2D eigenvalue weighted by Gasteiger charge is -2.27. The number of ether oxygens (including phenoxy) is 2. The van der Waals surface area contributed by atoms with E-state index in [-0.39, 0.29) is 37.7 Å². The third-order valence-corrected chi connectivity index (χ3v) is 6.08. The molecular formula is C24H29Cl2N3O5. The average Bonchev–Trinajstić information content (AvgIpc) is 3.29. The fourth-order valence-corrected chi connectivity index (χ4v) is 3.66. The standard InChI is InChI=1S/C24H29Cl2N3O5/c1-24(2,17-5-8-23(22(26)9-17)34-14-19(31)10-25)16-3-6-21(7-4-16)33-15-20(32)12-29-11-18(13-30)27-28-29/h3-9,11,19-20,30-32H,10,12-15H2,1-2H3/t19-,20+/m1/s1. The number of aromatic nitrogens is 3. The van der Waals surface area contributed by atoms with Gasteiger partial charge in [-0.25, -0.2) is 4.68 Å². The topological polar surface area (TPSA) is 110 Å². The van der Waals surface area contributed by atoms with Crippen LogP contribution in [0.3, 0.4) is 0 Å². The van der Waals surface area contributed by atoms with Gasteiger partial charge in [0.15, 0.2) is 0 Å². The Morgan fingerprint density at radius 1 is 1.00 bits per heavy atom. The van der Waals surface area contributed by atoms with Gasteiger partial charge in [-0.1, -0.05) is 48.9 Å². The van der Waals surface area contributed by atoms with E-state index in [4.69, 9.17) is 37.8 Å². The second-order valence-corrected chi connectivity index (χ2v) is 9.18. The van der Waals surface area contributed by atoms with Gasteiger partial charge in [-0.15, -0.1) is 16.7 Å². The summed E-state index contributed by atoms with van der Waals surface area (Å²) < 4.78 is 12.7. The predicted octanol–water partition coefficient (Wildman–Crippen LogP) is 3.17. The van der Waals surface area contributed by atoms with Crippen molar-refractivity contribution in [2.24, 2.45) is 0 Å². The number of benzene rings is 2. The molecule has 34 heavy (non-hydrogen) atoms. The second kappa shape index (κ2) is 11.9. The molecule has 0 saturated carbocycles. The SMILES string of the molecule is CC(C)(c1ccc(OC[C@@H](O)Cn2cc(CO)nn2)cc1)c1ccc(OC[C@H](O)CCl)c(Cl)c1. The minimum Gasteiger partial charge on any atom is -0.491 e. The van der Waals surface area contributed by atoms with Gasteiger partial charge in [-0.3, -0.25) is 0 Å². The lowest BCUT2D eigenvalue weighted by atomic mass is 9.78. The maximum atomic E-state index is 10.2. The third-order valence-electron chi connectivity index (χ3n) is 5.43. The molecule has 0 saturated heterocycles. The Morgan fingerprint density at radius 2 is 1.68 bits per heavy atom. The van der Waals surface area contributed by atoms with Gasteiger partial charge in [0.1, 0.15) is 42.6 Å². The van der Waals surface area contributed by atoms with Gasteiger partial charge in [-0.2, -0.15) is 0 Å². The molecule has 3 rings (SSSR count). The first-order valence-corrected chi connectivity index (χ1v) is 11.7. The number of nitrogens with zero attached hydrogens (tertiary/aromatic N) is 3. The van der Waals surface area contributed by atoms with Crippen molar-refractivity contribution >= 4 is 23.2 Å². The molecule has 3 aromatic rings. The van der Waals surface area contributed by atoms with Crippen LogP contribution in [0.1, 0.15) is 30.7 Å². The van der Waals surface area contributed by atoms with E-state index in [1.807, 2.05) is 36.4 Å². The highest BCUT2D eigenvalue weighted by Crippen LogP contribution is 2.36. The zero-order valence-corrected chi connectivity index (χ0v) is 20.6. The molecule has 2 aromatic carbocycles. The van der Waals surface area contributed by atoms with E-state index in [0.717, 1.165) is 11.1 Å². The maximum Gasteiger partial charge on any atom is 0.138 e. The van der Waals surface area contributed by atoms with Crippen molar-refractivity contribution in [3.8, 4) is 11.5 Å². The number of rotatable bonds is 12. The second-order valence-electron chi connectivity index (χ2n) is 8.47. The number of alkyl halides is 1. The molecule has 0 spiro atoms. The third kappa shape index (κ3) is 6.84. The van der Waals surface area contributed by atoms with Crippen LogP contribution in [0.25, 0.3) is 0 Å². The maximum absolute atomic E-state index is 10.2. The summed E-state index contributed by atoms with van der Waals surface area (Å²) in [5, 5.41) is 36.9. The van der Waals surface area contributed by atoms with Crippen LogP contribution in [0.15, 0.2) is 48.7 Å². The van der Waals surface area contributed by atoms with Gasteiger partial charge in [0.05, 0.1) is 30.3 Å². The minimum absolute atomic E-state index is 0.0741. The van der Waals surface area contributed by atoms with Crippen molar-refractivity contribution in [3.05, 3.63) is 70.5 Å². The zero-order valence-electron chi connectivity index (χ0n) is 19.1. The fourth-order valence-electron chi connectivity index (χ4n) is 3.33. The molecule has 10 heteroatoms. The minimum atomic E-state index is -0.780. The molecule has 3 N–H and O–H groups in total. The molecule has 8 nitrogen and oxygen atoms in total. The Morgan fingerprint density at radius 3 is 2.29 bits per heavy atom. The van der Waals surface area contributed by atoms with Crippen molar-refractivity contribution in [2.75, 3.05) is 19.1 Å². The molecule has 0 aliphatic rings. The van der Waals surface area contributed by atoms with Crippen molar-refractivity contribution in [1.29, 1.82) is 0 Å². The van der Waals surface area contributed by atoms with Crippen LogP contribution in [0.2, 0.25) is 5.02 Å². The summed E-state index contributed by atoms with van der Waals surface area (Å²) in [4.78, 5) is 0. The molecule has 2 atom stereocenters. The highest BCUT2D eigenvalue weighted by atomic mass is 35.5. The van der Waals surface area contributed by atoms with Gasteiger partial charge >= 0.3 is 0 Å². The molecule has 0 fully saturated rings. The van der Waals surface area contributed by atoms with Gasteiger partial charge in [0.25, 0.3) is 0 Å². The summed E-state index contributed by atoms with van der Waals surface area (Å²) in [6.07, 6.45) is 0.0454. The summed E-state index contributed by atoms with van der Waals surface area (Å²) in [7, 11) is 0. The van der Waals surface area contributed by atoms with E-state index < -0.39 is 12.2 Å². The molecule has 0 bridgehead atoms.